The molecule has 0 saturated heterocycles. The van der Waals surface area contributed by atoms with Crippen molar-refractivity contribution in [1.29, 1.82) is 0 Å². The minimum Gasteiger partial charge on any atom is -0.480 e. The minimum absolute atomic E-state index is 0.145. The van der Waals surface area contributed by atoms with Gasteiger partial charge < -0.3 is 21.3 Å². The molecule has 6 N–H and O–H groups in total. The van der Waals surface area contributed by atoms with Crippen LogP contribution in [0.5, 0.6) is 0 Å². The van der Waals surface area contributed by atoms with Gasteiger partial charge in [0.05, 0.1) is 13.3 Å². The summed E-state index contributed by atoms with van der Waals surface area (Å²) in [6.45, 7) is 7.34. The van der Waals surface area contributed by atoms with E-state index in [4.69, 9.17) is 15.9 Å². The smallest absolute Gasteiger partial charge is 0.322 e. The summed E-state index contributed by atoms with van der Waals surface area (Å²) in [4.78, 5) is 20.2. The highest BCUT2D eigenvalue weighted by Gasteiger charge is 2.07. The van der Waals surface area contributed by atoms with Crippen LogP contribution in [-0.4, -0.2) is 47.4 Å². The van der Waals surface area contributed by atoms with E-state index in [1.165, 1.54) is 6.08 Å². The van der Waals surface area contributed by atoms with E-state index in [9.17, 15) is 9.59 Å². The molecule has 0 aromatic heterocycles. The molecule has 1 unspecified atom stereocenters. The molecule has 0 saturated carbocycles. The molecule has 0 fully saturated rings. The number of aliphatic hydroxyl groups is 1. The average Bonchev–Trinajstić information content (AvgIpc) is 2.27. The molecule has 0 aliphatic rings. The number of carboxylic acids is 1. The van der Waals surface area contributed by atoms with Gasteiger partial charge >= 0.3 is 5.97 Å². The zero-order chi connectivity index (χ0) is 13.8. The maximum Gasteiger partial charge on any atom is 0.322 e. The van der Waals surface area contributed by atoms with Gasteiger partial charge in [0.1, 0.15) is 6.04 Å². The van der Waals surface area contributed by atoms with Gasteiger partial charge in [-0.15, -0.1) is 0 Å². The monoisotopic (exact) mass is 247 g/mol. The van der Waals surface area contributed by atoms with Crippen molar-refractivity contribution in [3.8, 4) is 0 Å². The van der Waals surface area contributed by atoms with Crippen LogP contribution in [0.3, 0.4) is 0 Å². The fourth-order valence-corrected chi connectivity index (χ4v) is 0.493. The fourth-order valence-electron chi connectivity index (χ4n) is 0.493. The topological polar surface area (TPSA) is 125 Å². The predicted molar refractivity (Wildman–Crippen MR) is 64.2 cm³/mol. The Morgan fingerprint density at radius 3 is 2.24 bits per heavy atom. The van der Waals surface area contributed by atoms with Gasteiger partial charge in [0.15, 0.2) is 0 Å². The number of carbonyl (C=O) groups is 2. The van der Waals surface area contributed by atoms with Crippen molar-refractivity contribution in [3.63, 3.8) is 0 Å². The molecule has 0 heterocycles. The van der Waals surface area contributed by atoms with E-state index in [1.54, 1.807) is 0 Å². The Hall–Kier alpha value is -1.44. The summed E-state index contributed by atoms with van der Waals surface area (Å²) in [5.74, 6) is -1.32. The van der Waals surface area contributed by atoms with Crippen LogP contribution in [0, 0.1) is 0 Å². The first-order chi connectivity index (χ1) is 7.84. The molecule has 100 valence electrons. The van der Waals surface area contributed by atoms with Crippen molar-refractivity contribution in [3.05, 3.63) is 12.7 Å². The number of rotatable bonds is 6. The zero-order valence-electron chi connectivity index (χ0n) is 10.1. The number of carboxylic acid groups (broad SMARTS) is 1. The van der Waals surface area contributed by atoms with Crippen LogP contribution in [0.4, 0.5) is 0 Å². The van der Waals surface area contributed by atoms with E-state index in [0.29, 0.717) is 12.7 Å². The predicted octanol–water partition coefficient (Wildman–Crippen LogP) is -1.37. The number of aliphatic hydroxyl groups excluding tert-OH is 1. The molecule has 0 aromatic rings. The third-order valence-corrected chi connectivity index (χ3v) is 1.47. The van der Waals surface area contributed by atoms with Crippen molar-refractivity contribution in [2.75, 3.05) is 13.3 Å². The maximum absolute atomic E-state index is 10.5. The number of amides is 1. The Morgan fingerprint density at radius 1 is 1.47 bits per heavy atom. The summed E-state index contributed by atoms with van der Waals surface area (Å²) in [5, 5.41) is 21.5. The Balaban J connectivity index is 0. The lowest BCUT2D eigenvalue weighted by atomic mass is 10.3. The summed E-state index contributed by atoms with van der Waals surface area (Å²) in [6, 6.07) is -0.731. The fraction of sp³-hybridized carbons (Fsp3) is 0.600. The Bertz CT molecular complexity index is 244. The highest BCUT2D eigenvalue weighted by atomic mass is 16.4. The average molecular weight is 247 g/mol. The lowest BCUT2D eigenvalue weighted by molar-refractivity contribution is -0.139. The SMILES string of the molecule is C=CC(=O)NCNC(C)C.NC(CO)C(=O)O. The number of carbonyl (C=O) groups excluding carboxylic acids is 1. The van der Waals surface area contributed by atoms with E-state index in [1.807, 2.05) is 13.8 Å². The second-order valence-corrected chi connectivity index (χ2v) is 3.41. The molecule has 0 aliphatic carbocycles. The van der Waals surface area contributed by atoms with E-state index < -0.39 is 18.6 Å². The molecule has 0 rings (SSSR count). The molecule has 1 amide bonds. The van der Waals surface area contributed by atoms with Gasteiger partial charge in [-0.25, -0.2) is 0 Å². The third kappa shape index (κ3) is 14.6. The minimum atomic E-state index is -1.18. The third-order valence-electron chi connectivity index (χ3n) is 1.47. The molecule has 7 heteroatoms. The number of aliphatic carboxylic acids is 1. The van der Waals surface area contributed by atoms with Crippen LogP contribution < -0.4 is 16.4 Å². The normalized spacial score (nSPS) is 11.1. The van der Waals surface area contributed by atoms with E-state index in [0.717, 1.165) is 0 Å². The van der Waals surface area contributed by atoms with Crippen LogP contribution >= 0.6 is 0 Å². The zero-order valence-corrected chi connectivity index (χ0v) is 10.1. The number of hydrogen-bond donors (Lipinski definition) is 5. The van der Waals surface area contributed by atoms with Crippen molar-refractivity contribution < 1.29 is 19.8 Å². The quantitative estimate of drug-likeness (QED) is 0.291. The summed E-state index contributed by atoms with van der Waals surface area (Å²) in [5.41, 5.74) is 4.77. The first-order valence-corrected chi connectivity index (χ1v) is 5.08. The van der Waals surface area contributed by atoms with Gasteiger partial charge in [0, 0.05) is 6.04 Å². The molecule has 0 aromatic carbocycles. The molecule has 0 radical (unpaired) electrons. The Morgan fingerprint density at radius 2 is 2.00 bits per heavy atom. The second-order valence-electron chi connectivity index (χ2n) is 3.41. The van der Waals surface area contributed by atoms with Crippen molar-refractivity contribution >= 4 is 11.9 Å². The van der Waals surface area contributed by atoms with E-state index in [2.05, 4.69) is 17.2 Å². The van der Waals surface area contributed by atoms with Crippen LogP contribution in [0.2, 0.25) is 0 Å². The van der Waals surface area contributed by atoms with Gasteiger partial charge in [-0.05, 0) is 19.9 Å². The van der Waals surface area contributed by atoms with Gasteiger partial charge in [0.25, 0.3) is 0 Å². The first kappa shape index (κ1) is 17.9. The van der Waals surface area contributed by atoms with Crippen molar-refractivity contribution in [2.24, 2.45) is 5.73 Å². The standard InChI is InChI=1S/C7H14N2O.C3H7NO3/c1-4-7(10)9-5-8-6(2)3;4-2(1-5)3(6)7/h4,6,8H,1,5H2,2-3H3,(H,9,10);2,5H,1,4H2,(H,6,7). The van der Waals surface area contributed by atoms with Gasteiger partial charge in [-0.3, -0.25) is 14.9 Å². The molecule has 0 aliphatic heterocycles. The Kier molecular flexibility index (Phi) is 11.7. The maximum atomic E-state index is 10.5. The summed E-state index contributed by atoms with van der Waals surface area (Å²) in [6.07, 6.45) is 1.25. The second kappa shape index (κ2) is 11.1. The van der Waals surface area contributed by atoms with E-state index >= 15 is 0 Å². The van der Waals surface area contributed by atoms with Crippen LogP contribution in [0.25, 0.3) is 0 Å². The molecule has 0 spiro atoms. The van der Waals surface area contributed by atoms with Crippen molar-refractivity contribution in [2.45, 2.75) is 25.9 Å². The molecule has 1 atom stereocenters. The molecular weight excluding hydrogens is 226 g/mol. The Labute approximate surface area is 101 Å². The highest BCUT2D eigenvalue weighted by molar-refractivity contribution is 5.86. The van der Waals surface area contributed by atoms with Crippen molar-refractivity contribution in [1.82, 2.24) is 10.6 Å². The largest absolute Gasteiger partial charge is 0.480 e. The number of nitrogens with one attached hydrogen (secondary N) is 2. The summed E-state index contributed by atoms with van der Waals surface area (Å²) in [7, 11) is 0. The van der Waals surface area contributed by atoms with Gasteiger partial charge in [-0.2, -0.15) is 0 Å². The van der Waals surface area contributed by atoms with Gasteiger partial charge in [-0.1, -0.05) is 6.58 Å². The molecule has 0 bridgehead atoms. The lowest BCUT2D eigenvalue weighted by Gasteiger charge is -2.07. The highest BCUT2D eigenvalue weighted by Crippen LogP contribution is 1.72. The summed E-state index contributed by atoms with van der Waals surface area (Å²) >= 11 is 0. The number of hydrogen-bond acceptors (Lipinski definition) is 5. The van der Waals surface area contributed by atoms with E-state index in [-0.39, 0.29) is 5.91 Å². The lowest BCUT2D eigenvalue weighted by Crippen LogP contribution is -2.36. The molecule has 7 nitrogen and oxygen atoms in total. The van der Waals surface area contributed by atoms with Crippen LogP contribution in [0.1, 0.15) is 13.8 Å². The van der Waals surface area contributed by atoms with Gasteiger partial charge in [0.2, 0.25) is 5.91 Å². The van der Waals surface area contributed by atoms with Crippen LogP contribution in [-0.2, 0) is 9.59 Å². The molecule has 17 heavy (non-hydrogen) atoms. The molecular formula is C10H21N3O4. The summed E-state index contributed by atoms with van der Waals surface area (Å²) < 4.78 is 0. The first-order valence-electron chi connectivity index (χ1n) is 5.08. The van der Waals surface area contributed by atoms with Crippen LogP contribution in [0.15, 0.2) is 12.7 Å². The number of nitrogens with two attached hydrogens (primary N) is 1.